The van der Waals surface area contributed by atoms with Gasteiger partial charge in [0.15, 0.2) is 4.80 Å². The van der Waals surface area contributed by atoms with Gasteiger partial charge in [-0.25, -0.2) is 8.42 Å². The van der Waals surface area contributed by atoms with Crippen LogP contribution in [0.25, 0.3) is 10.2 Å². The SMILES string of the molecule is C#CCn1c(=NC(=O)c2ccc(S(=O)(=O)N(CC(C)C)CC(C)C)cc2)sc2cc(Cl)ccc21. The van der Waals surface area contributed by atoms with E-state index in [1.165, 1.54) is 39.9 Å². The van der Waals surface area contributed by atoms with Gasteiger partial charge in [0.2, 0.25) is 10.0 Å². The van der Waals surface area contributed by atoms with E-state index in [0.717, 1.165) is 10.2 Å². The molecular formula is C25H28ClN3O3S2. The molecule has 6 nitrogen and oxygen atoms in total. The van der Waals surface area contributed by atoms with Gasteiger partial charge in [-0.1, -0.05) is 56.6 Å². The highest BCUT2D eigenvalue weighted by molar-refractivity contribution is 7.89. The van der Waals surface area contributed by atoms with Gasteiger partial charge < -0.3 is 4.57 Å². The summed E-state index contributed by atoms with van der Waals surface area (Å²) in [6.07, 6.45) is 5.51. The summed E-state index contributed by atoms with van der Waals surface area (Å²) < 4.78 is 30.6. The maximum atomic E-state index is 13.2. The Kier molecular flexibility index (Phi) is 8.37. The fourth-order valence-corrected chi connectivity index (χ4v) is 6.60. The highest BCUT2D eigenvalue weighted by Crippen LogP contribution is 2.22. The third-order valence-electron chi connectivity index (χ3n) is 4.97. The van der Waals surface area contributed by atoms with Crippen LogP contribution in [0.2, 0.25) is 5.02 Å². The minimum absolute atomic E-state index is 0.157. The molecule has 0 bridgehead atoms. The first-order valence-electron chi connectivity index (χ1n) is 10.9. The van der Waals surface area contributed by atoms with Crippen LogP contribution < -0.4 is 4.80 Å². The molecule has 0 radical (unpaired) electrons. The van der Waals surface area contributed by atoms with Crippen LogP contribution in [-0.4, -0.2) is 36.3 Å². The van der Waals surface area contributed by atoms with E-state index in [0.29, 0.717) is 28.5 Å². The Bertz CT molecular complexity index is 1390. The van der Waals surface area contributed by atoms with Gasteiger partial charge in [0.25, 0.3) is 5.91 Å². The van der Waals surface area contributed by atoms with Crippen LogP contribution in [0, 0.1) is 24.2 Å². The molecule has 1 aromatic heterocycles. The second-order valence-electron chi connectivity index (χ2n) is 8.84. The maximum absolute atomic E-state index is 13.2. The molecule has 0 aliphatic carbocycles. The molecule has 3 aromatic rings. The van der Waals surface area contributed by atoms with Crippen LogP contribution in [0.4, 0.5) is 0 Å². The Balaban J connectivity index is 1.95. The van der Waals surface area contributed by atoms with Crippen LogP contribution in [-0.2, 0) is 16.6 Å². The summed E-state index contributed by atoms with van der Waals surface area (Å²) in [5.74, 6) is 2.49. The number of benzene rings is 2. The van der Waals surface area contributed by atoms with E-state index in [4.69, 9.17) is 18.0 Å². The van der Waals surface area contributed by atoms with Crippen molar-refractivity contribution in [2.75, 3.05) is 13.1 Å². The lowest BCUT2D eigenvalue weighted by atomic mass is 10.2. The van der Waals surface area contributed by atoms with Gasteiger partial charge in [0, 0.05) is 23.7 Å². The number of rotatable bonds is 8. The predicted molar refractivity (Wildman–Crippen MR) is 138 cm³/mol. The van der Waals surface area contributed by atoms with Crippen molar-refractivity contribution in [2.45, 2.75) is 39.1 Å². The number of terminal acetylenes is 1. The Morgan fingerprint density at radius 2 is 1.74 bits per heavy atom. The highest BCUT2D eigenvalue weighted by atomic mass is 35.5. The monoisotopic (exact) mass is 517 g/mol. The Morgan fingerprint density at radius 3 is 2.29 bits per heavy atom. The van der Waals surface area contributed by atoms with E-state index in [9.17, 15) is 13.2 Å². The van der Waals surface area contributed by atoms with Crippen molar-refractivity contribution in [3.05, 3.63) is 57.9 Å². The summed E-state index contributed by atoms with van der Waals surface area (Å²) in [7, 11) is -3.67. The molecule has 0 atom stereocenters. The summed E-state index contributed by atoms with van der Waals surface area (Å²) in [5.41, 5.74) is 1.14. The van der Waals surface area contributed by atoms with Gasteiger partial charge in [0.1, 0.15) is 0 Å². The number of halogens is 1. The van der Waals surface area contributed by atoms with Crippen molar-refractivity contribution >= 4 is 49.1 Å². The Morgan fingerprint density at radius 1 is 1.12 bits per heavy atom. The summed E-state index contributed by atoms with van der Waals surface area (Å²) in [6.45, 7) is 9.07. The number of carbonyl (C=O) groups is 1. The number of aromatic nitrogens is 1. The molecule has 0 fully saturated rings. The average molecular weight is 518 g/mol. The second-order valence-corrected chi connectivity index (χ2v) is 12.2. The van der Waals surface area contributed by atoms with Gasteiger partial charge in [-0.2, -0.15) is 9.30 Å². The molecule has 2 aromatic carbocycles. The molecular weight excluding hydrogens is 490 g/mol. The lowest BCUT2D eigenvalue weighted by molar-refractivity contribution is 0.0998. The minimum atomic E-state index is -3.67. The van der Waals surface area contributed by atoms with Crippen molar-refractivity contribution in [2.24, 2.45) is 16.8 Å². The first-order chi connectivity index (χ1) is 16.0. The molecule has 0 spiro atoms. The summed E-state index contributed by atoms with van der Waals surface area (Å²) in [5, 5.41) is 0.584. The number of nitrogens with zero attached hydrogens (tertiary/aromatic N) is 3. The molecule has 1 heterocycles. The molecule has 0 saturated carbocycles. The number of fused-ring (bicyclic) bond motifs is 1. The maximum Gasteiger partial charge on any atom is 0.279 e. The van der Waals surface area contributed by atoms with Crippen LogP contribution in [0.15, 0.2) is 52.4 Å². The molecule has 1 amide bonds. The van der Waals surface area contributed by atoms with Crippen LogP contribution in [0.3, 0.4) is 0 Å². The smallest absolute Gasteiger partial charge is 0.279 e. The highest BCUT2D eigenvalue weighted by Gasteiger charge is 2.26. The van der Waals surface area contributed by atoms with E-state index in [1.807, 2.05) is 33.8 Å². The first-order valence-corrected chi connectivity index (χ1v) is 13.6. The van der Waals surface area contributed by atoms with Gasteiger partial charge in [-0.05, 0) is 54.3 Å². The largest absolute Gasteiger partial charge is 0.305 e. The van der Waals surface area contributed by atoms with Crippen molar-refractivity contribution in [1.82, 2.24) is 8.87 Å². The molecule has 9 heteroatoms. The molecule has 0 N–H and O–H groups in total. The zero-order valence-electron chi connectivity index (χ0n) is 19.7. The fourth-order valence-electron chi connectivity index (χ4n) is 3.53. The van der Waals surface area contributed by atoms with Crippen molar-refractivity contribution in [3.63, 3.8) is 0 Å². The van der Waals surface area contributed by atoms with Crippen molar-refractivity contribution in [3.8, 4) is 12.3 Å². The Hall–Kier alpha value is -2.44. The van der Waals surface area contributed by atoms with Crippen molar-refractivity contribution < 1.29 is 13.2 Å². The second kappa shape index (κ2) is 10.9. The molecule has 0 aliphatic rings. The lowest BCUT2D eigenvalue weighted by Gasteiger charge is -2.25. The van der Waals surface area contributed by atoms with E-state index < -0.39 is 15.9 Å². The quantitative estimate of drug-likeness (QED) is 0.393. The number of carbonyl (C=O) groups excluding carboxylic acids is 1. The third kappa shape index (κ3) is 5.97. The van der Waals surface area contributed by atoms with Crippen molar-refractivity contribution in [1.29, 1.82) is 0 Å². The number of sulfonamides is 1. The van der Waals surface area contributed by atoms with Gasteiger partial charge >= 0.3 is 0 Å². The first kappa shape index (κ1) is 26.2. The van der Waals surface area contributed by atoms with E-state index in [1.54, 1.807) is 16.7 Å². The fraction of sp³-hybridized carbons (Fsp3) is 0.360. The van der Waals surface area contributed by atoms with E-state index in [2.05, 4.69) is 10.9 Å². The molecule has 0 aliphatic heterocycles. The van der Waals surface area contributed by atoms with Crippen LogP contribution >= 0.6 is 22.9 Å². The molecule has 3 rings (SSSR count). The molecule has 0 unspecified atom stereocenters. The third-order valence-corrected chi connectivity index (χ3v) is 8.09. The Labute approximate surface area is 209 Å². The predicted octanol–water partition coefficient (Wildman–Crippen LogP) is 5.03. The van der Waals surface area contributed by atoms with Gasteiger partial charge in [0.05, 0.1) is 21.7 Å². The zero-order valence-corrected chi connectivity index (χ0v) is 22.0. The van der Waals surface area contributed by atoms with E-state index in [-0.39, 0.29) is 23.3 Å². The zero-order chi connectivity index (χ0) is 25.0. The molecule has 180 valence electrons. The number of hydrogen-bond acceptors (Lipinski definition) is 4. The topological polar surface area (TPSA) is 71.7 Å². The van der Waals surface area contributed by atoms with Gasteiger partial charge in [-0.3, -0.25) is 4.79 Å². The average Bonchev–Trinajstić information content (AvgIpc) is 3.09. The van der Waals surface area contributed by atoms with Crippen LogP contribution in [0.5, 0.6) is 0 Å². The summed E-state index contributed by atoms with van der Waals surface area (Å²) in [6, 6.07) is 11.3. The number of amides is 1. The summed E-state index contributed by atoms with van der Waals surface area (Å²) >= 11 is 7.41. The molecule has 34 heavy (non-hydrogen) atoms. The minimum Gasteiger partial charge on any atom is -0.305 e. The van der Waals surface area contributed by atoms with Gasteiger partial charge in [-0.15, -0.1) is 6.42 Å². The standard InChI is InChI=1S/C25H28ClN3O3S2/c1-6-13-29-22-12-9-20(26)14-23(22)33-25(29)27-24(30)19-7-10-21(11-8-19)34(31,32)28(15-17(2)3)16-18(4)5/h1,7-12,14,17-18H,13,15-16H2,2-5H3. The van der Waals surface area contributed by atoms with Crippen LogP contribution in [0.1, 0.15) is 38.1 Å². The molecule has 0 saturated heterocycles. The number of thiazole rings is 1. The number of hydrogen-bond donors (Lipinski definition) is 0. The normalized spacial score (nSPS) is 12.7. The summed E-state index contributed by atoms with van der Waals surface area (Å²) in [4.78, 5) is 17.8. The van der Waals surface area contributed by atoms with E-state index >= 15 is 0 Å². The lowest BCUT2D eigenvalue weighted by Crippen LogP contribution is -2.37.